The summed E-state index contributed by atoms with van der Waals surface area (Å²) in [6, 6.07) is 0. The summed E-state index contributed by atoms with van der Waals surface area (Å²) in [5, 5.41) is 0. The monoisotopic (exact) mass is 192 g/mol. The van der Waals surface area contributed by atoms with Crippen LogP contribution in [0.3, 0.4) is 0 Å². The summed E-state index contributed by atoms with van der Waals surface area (Å²) in [5.41, 5.74) is -1.48. The molecular formula is C9H4O5. The van der Waals surface area contributed by atoms with E-state index < -0.39 is 28.3 Å². The molecule has 0 saturated heterocycles. The van der Waals surface area contributed by atoms with Crippen LogP contribution in [0.2, 0.25) is 0 Å². The van der Waals surface area contributed by atoms with Gasteiger partial charge in [0.2, 0.25) is 5.78 Å². The van der Waals surface area contributed by atoms with E-state index in [2.05, 4.69) is 0 Å². The molecule has 0 bridgehead atoms. The van der Waals surface area contributed by atoms with E-state index in [1.54, 1.807) is 0 Å². The molecule has 14 heavy (non-hydrogen) atoms. The Morgan fingerprint density at radius 1 is 0.857 bits per heavy atom. The van der Waals surface area contributed by atoms with Crippen LogP contribution >= 0.6 is 0 Å². The molecule has 0 saturated carbocycles. The van der Waals surface area contributed by atoms with Gasteiger partial charge in [0.25, 0.3) is 0 Å². The van der Waals surface area contributed by atoms with Crippen LogP contribution in [0.15, 0.2) is 22.8 Å². The zero-order valence-electron chi connectivity index (χ0n) is 6.85. The lowest BCUT2D eigenvalue weighted by molar-refractivity contribution is -0.121. The van der Waals surface area contributed by atoms with E-state index in [9.17, 15) is 24.0 Å². The lowest BCUT2D eigenvalue weighted by Crippen LogP contribution is -2.21. The summed E-state index contributed by atoms with van der Waals surface area (Å²) >= 11 is 0. The molecular weight excluding hydrogens is 188 g/mol. The van der Waals surface area contributed by atoms with Gasteiger partial charge in [0.15, 0.2) is 24.6 Å². The molecule has 0 heterocycles. The zero-order valence-corrected chi connectivity index (χ0v) is 6.85. The summed E-state index contributed by atoms with van der Waals surface area (Å²) in [5.74, 6) is -1.69. The van der Waals surface area contributed by atoms with Gasteiger partial charge in [-0.05, 0) is 0 Å². The van der Waals surface area contributed by atoms with Crippen LogP contribution in [-0.2, 0) is 24.0 Å². The van der Waals surface area contributed by atoms with Crippen molar-refractivity contribution in [2.45, 2.75) is 0 Å². The van der Waals surface area contributed by atoms with Gasteiger partial charge < -0.3 is 0 Å². The average molecular weight is 192 g/mol. The minimum Gasteiger partial charge on any atom is -0.298 e. The fourth-order valence-corrected chi connectivity index (χ4v) is 1.02. The molecule has 1 rings (SSSR count). The van der Waals surface area contributed by atoms with Crippen LogP contribution in [0.25, 0.3) is 0 Å². The van der Waals surface area contributed by atoms with Crippen LogP contribution in [0.1, 0.15) is 0 Å². The van der Waals surface area contributed by atoms with E-state index in [1.807, 2.05) is 0 Å². The zero-order chi connectivity index (χ0) is 10.7. The second-order valence-corrected chi connectivity index (χ2v) is 2.47. The third-order valence-electron chi connectivity index (χ3n) is 1.71. The smallest absolute Gasteiger partial charge is 0.200 e. The van der Waals surface area contributed by atoms with Gasteiger partial charge >= 0.3 is 0 Å². The molecule has 5 nitrogen and oxygen atoms in total. The van der Waals surface area contributed by atoms with Crippen molar-refractivity contribution in [2.24, 2.45) is 0 Å². The number of hydrogen-bond donors (Lipinski definition) is 0. The van der Waals surface area contributed by atoms with E-state index in [4.69, 9.17) is 0 Å². The SMILES string of the molecule is O=CC1=CC(=O)C(C=O)=C(C=O)C1=O. The molecule has 5 heteroatoms. The van der Waals surface area contributed by atoms with Crippen LogP contribution < -0.4 is 0 Å². The first-order valence-electron chi connectivity index (χ1n) is 3.56. The Bertz CT molecular complexity index is 411. The van der Waals surface area contributed by atoms with Crippen molar-refractivity contribution in [3.8, 4) is 0 Å². The van der Waals surface area contributed by atoms with Crippen molar-refractivity contribution in [3.63, 3.8) is 0 Å². The minimum absolute atomic E-state index is 0.0977. The summed E-state index contributed by atoms with van der Waals surface area (Å²) in [7, 11) is 0. The standard InChI is InChI=1S/C9H4O5/c10-2-5-1-8(13)6(3-11)7(4-12)9(5)14/h1-4H. The van der Waals surface area contributed by atoms with Crippen molar-refractivity contribution in [1.82, 2.24) is 0 Å². The maximum atomic E-state index is 11.2. The van der Waals surface area contributed by atoms with Crippen LogP contribution in [-0.4, -0.2) is 30.4 Å². The predicted molar refractivity (Wildman–Crippen MR) is 43.3 cm³/mol. The van der Waals surface area contributed by atoms with E-state index >= 15 is 0 Å². The number of aldehydes is 3. The summed E-state index contributed by atoms with van der Waals surface area (Å²) < 4.78 is 0. The molecule has 0 aliphatic heterocycles. The quantitative estimate of drug-likeness (QED) is 0.324. The molecule has 70 valence electrons. The topological polar surface area (TPSA) is 85.3 Å². The molecule has 1 aliphatic carbocycles. The number of ketones is 2. The highest BCUT2D eigenvalue weighted by atomic mass is 16.2. The fraction of sp³-hybridized carbons (Fsp3) is 0. The van der Waals surface area contributed by atoms with Gasteiger partial charge in [-0.2, -0.15) is 0 Å². The van der Waals surface area contributed by atoms with E-state index in [-0.39, 0.29) is 18.9 Å². The highest BCUT2D eigenvalue weighted by Gasteiger charge is 2.27. The Morgan fingerprint density at radius 3 is 1.86 bits per heavy atom. The maximum absolute atomic E-state index is 11.2. The van der Waals surface area contributed by atoms with Crippen molar-refractivity contribution in [2.75, 3.05) is 0 Å². The van der Waals surface area contributed by atoms with Gasteiger partial charge in [0.1, 0.15) is 0 Å². The van der Waals surface area contributed by atoms with Crippen LogP contribution in [0.4, 0.5) is 0 Å². The van der Waals surface area contributed by atoms with E-state index in [0.29, 0.717) is 0 Å². The lowest BCUT2D eigenvalue weighted by atomic mass is 9.91. The lowest BCUT2D eigenvalue weighted by Gasteiger charge is -2.07. The number of hydrogen-bond acceptors (Lipinski definition) is 5. The highest BCUT2D eigenvalue weighted by molar-refractivity contribution is 6.39. The Kier molecular flexibility index (Phi) is 2.62. The molecule has 0 fully saturated rings. The molecule has 0 aromatic heterocycles. The normalized spacial score (nSPS) is 16.4. The third kappa shape index (κ3) is 1.35. The van der Waals surface area contributed by atoms with Gasteiger partial charge in [-0.3, -0.25) is 24.0 Å². The Balaban J connectivity index is 3.37. The Morgan fingerprint density at radius 2 is 1.43 bits per heavy atom. The molecule has 1 aliphatic rings. The number of carbonyl (C=O) groups excluding carboxylic acids is 5. The third-order valence-corrected chi connectivity index (χ3v) is 1.71. The number of Topliss-reactive ketones (excluding diaryl/α,β-unsaturated/α-hetero) is 1. The Hall–Kier alpha value is -2.17. The van der Waals surface area contributed by atoms with Crippen molar-refractivity contribution in [1.29, 1.82) is 0 Å². The minimum atomic E-state index is -0.892. The number of carbonyl (C=O) groups is 5. The summed E-state index contributed by atoms with van der Waals surface area (Å²) in [6.45, 7) is 0. The van der Waals surface area contributed by atoms with E-state index in [0.717, 1.165) is 6.08 Å². The van der Waals surface area contributed by atoms with Crippen molar-refractivity contribution < 1.29 is 24.0 Å². The fourth-order valence-electron chi connectivity index (χ4n) is 1.02. The molecule has 0 spiro atoms. The summed E-state index contributed by atoms with van der Waals surface area (Å²) in [4.78, 5) is 53.4. The van der Waals surface area contributed by atoms with Gasteiger partial charge in [0, 0.05) is 6.08 Å². The second kappa shape index (κ2) is 3.69. The molecule has 0 aromatic carbocycles. The van der Waals surface area contributed by atoms with Gasteiger partial charge in [-0.1, -0.05) is 0 Å². The number of rotatable bonds is 3. The van der Waals surface area contributed by atoms with Crippen molar-refractivity contribution >= 4 is 30.4 Å². The van der Waals surface area contributed by atoms with Gasteiger partial charge in [-0.15, -0.1) is 0 Å². The first-order valence-corrected chi connectivity index (χ1v) is 3.56. The Labute approximate surface area is 78.1 Å². The summed E-state index contributed by atoms with van der Waals surface area (Å²) in [6.07, 6.45) is 1.14. The molecule has 0 atom stereocenters. The van der Waals surface area contributed by atoms with Gasteiger partial charge in [-0.25, -0.2) is 0 Å². The van der Waals surface area contributed by atoms with Crippen LogP contribution in [0.5, 0.6) is 0 Å². The first kappa shape index (κ1) is 9.91. The average Bonchev–Trinajstić information content (AvgIpc) is 2.20. The van der Waals surface area contributed by atoms with E-state index in [1.165, 1.54) is 0 Å². The second-order valence-electron chi connectivity index (χ2n) is 2.47. The van der Waals surface area contributed by atoms with Gasteiger partial charge in [0.05, 0.1) is 16.7 Å². The highest BCUT2D eigenvalue weighted by Crippen LogP contribution is 2.14. The predicted octanol–water partition coefficient (Wildman–Crippen LogP) is -1.04. The first-order chi connectivity index (χ1) is 6.65. The molecule has 0 N–H and O–H groups in total. The molecule has 0 aromatic rings. The molecule has 0 radical (unpaired) electrons. The molecule has 0 amide bonds. The molecule has 0 unspecified atom stereocenters. The maximum Gasteiger partial charge on any atom is 0.200 e. The van der Waals surface area contributed by atoms with Crippen molar-refractivity contribution in [3.05, 3.63) is 22.8 Å². The largest absolute Gasteiger partial charge is 0.298 e. The van der Waals surface area contributed by atoms with Crippen LogP contribution in [0, 0.1) is 0 Å². The number of allylic oxidation sites excluding steroid dienone is 4.